The van der Waals surface area contributed by atoms with E-state index in [4.69, 9.17) is 13.9 Å². The van der Waals surface area contributed by atoms with Crippen LogP contribution in [0.3, 0.4) is 0 Å². The zero-order chi connectivity index (χ0) is 27.4. The maximum atomic E-state index is 12.1. The minimum absolute atomic E-state index is 0.00958. The highest BCUT2D eigenvalue weighted by Gasteiger charge is 2.26. The van der Waals surface area contributed by atoms with Crippen molar-refractivity contribution in [3.63, 3.8) is 0 Å². The Morgan fingerprint density at radius 2 is 1.84 bits per heavy atom. The lowest BCUT2D eigenvalue weighted by atomic mass is 9.85. The third kappa shape index (κ3) is 5.47. The van der Waals surface area contributed by atoms with Crippen molar-refractivity contribution in [2.75, 3.05) is 13.7 Å². The number of hydrogen-bond acceptors (Lipinski definition) is 7. The largest absolute Gasteiger partial charge is 0.507 e. The molecule has 3 aromatic rings. The van der Waals surface area contributed by atoms with E-state index in [0.717, 1.165) is 12.0 Å². The monoisotopic (exact) mass is 514 g/mol. The molecule has 7 heteroatoms. The fourth-order valence-corrected chi connectivity index (χ4v) is 4.58. The molecule has 0 radical (unpaired) electrons. The Morgan fingerprint density at radius 3 is 2.53 bits per heavy atom. The van der Waals surface area contributed by atoms with Crippen LogP contribution < -0.4 is 10.2 Å². The van der Waals surface area contributed by atoms with E-state index >= 15 is 0 Å². The topological polar surface area (TPSA) is 103 Å². The molecule has 2 heterocycles. The van der Waals surface area contributed by atoms with E-state index in [9.17, 15) is 19.5 Å². The molecule has 196 valence electrons. The predicted molar refractivity (Wildman–Crippen MR) is 144 cm³/mol. The van der Waals surface area contributed by atoms with Crippen LogP contribution in [-0.4, -0.2) is 30.4 Å². The molecule has 1 aliphatic carbocycles. The number of aromatic hydroxyl groups is 1. The second-order valence-corrected chi connectivity index (χ2v) is 9.42. The molecular formula is C31H30O7. The molecule has 1 aliphatic heterocycles. The van der Waals surface area contributed by atoms with Gasteiger partial charge in [0.05, 0.1) is 13.7 Å². The van der Waals surface area contributed by atoms with Crippen LogP contribution in [0.5, 0.6) is 11.5 Å². The van der Waals surface area contributed by atoms with Gasteiger partial charge in [0.25, 0.3) is 0 Å². The van der Waals surface area contributed by atoms with Crippen molar-refractivity contribution >= 4 is 22.5 Å². The molecule has 0 fully saturated rings. The van der Waals surface area contributed by atoms with Gasteiger partial charge in [-0.2, -0.15) is 0 Å². The Hall–Kier alpha value is -4.39. The lowest BCUT2D eigenvalue weighted by Gasteiger charge is -2.18. The second-order valence-electron chi connectivity index (χ2n) is 9.42. The molecule has 1 aromatic heterocycles. The maximum Gasteiger partial charge on any atom is 0.220 e. The van der Waals surface area contributed by atoms with Gasteiger partial charge in [0.2, 0.25) is 5.78 Å². The van der Waals surface area contributed by atoms with Crippen LogP contribution in [-0.2, 0) is 20.7 Å². The van der Waals surface area contributed by atoms with Gasteiger partial charge in [-0.25, -0.2) is 0 Å². The highest BCUT2D eigenvalue weighted by Crippen LogP contribution is 2.38. The first kappa shape index (κ1) is 26.7. The van der Waals surface area contributed by atoms with Crippen molar-refractivity contribution in [3.05, 3.63) is 106 Å². The van der Waals surface area contributed by atoms with Crippen molar-refractivity contribution in [1.29, 1.82) is 0 Å². The van der Waals surface area contributed by atoms with Gasteiger partial charge in [-0.3, -0.25) is 14.4 Å². The number of carbonyl (C=O) groups excluding carboxylic acids is 2. The summed E-state index contributed by atoms with van der Waals surface area (Å²) in [7, 11) is 1.37. The van der Waals surface area contributed by atoms with Gasteiger partial charge in [0.1, 0.15) is 28.2 Å². The zero-order valence-electron chi connectivity index (χ0n) is 21.7. The molecule has 0 saturated heterocycles. The summed E-state index contributed by atoms with van der Waals surface area (Å²) in [6.07, 6.45) is 5.88. The van der Waals surface area contributed by atoms with E-state index in [1.165, 1.54) is 25.3 Å². The Bertz CT molecular complexity index is 1510. The van der Waals surface area contributed by atoms with Crippen molar-refractivity contribution in [2.45, 2.75) is 32.6 Å². The molecule has 38 heavy (non-hydrogen) atoms. The van der Waals surface area contributed by atoms with Crippen LogP contribution in [0.1, 0.15) is 36.1 Å². The molecule has 0 saturated carbocycles. The number of fused-ring (bicyclic) bond motifs is 2. The number of ketones is 2. The van der Waals surface area contributed by atoms with Crippen LogP contribution in [0.15, 0.2) is 87.8 Å². The first-order chi connectivity index (χ1) is 18.2. The summed E-state index contributed by atoms with van der Waals surface area (Å²) in [6.45, 7) is 8.20. The second kappa shape index (κ2) is 11.3. The third-order valence-corrected chi connectivity index (χ3v) is 6.62. The summed E-state index contributed by atoms with van der Waals surface area (Å²) < 4.78 is 16.1. The molecule has 2 aromatic carbocycles. The Balaban J connectivity index is 0.000000177. The lowest BCUT2D eigenvalue weighted by Crippen LogP contribution is -2.18. The fraction of sp³-hybridized carbons (Fsp3) is 0.258. The van der Waals surface area contributed by atoms with Crippen LogP contribution in [0.4, 0.5) is 0 Å². The van der Waals surface area contributed by atoms with E-state index in [0.29, 0.717) is 47.2 Å². The van der Waals surface area contributed by atoms with E-state index in [1.807, 2.05) is 30.3 Å². The number of benzene rings is 2. The summed E-state index contributed by atoms with van der Waals surface area (Å²) >= 11 is 0. The molecule has 1 N–H and O–H groups in total. The van der Waals surface area contributed by atoms with Gasteiger partial charge in [-0.15, -0.1) is 6.58 Å². The fourth-order valence-electron chi connectivity index (χ4n) is 4.58. The zero-order valence-corrected chi connectivity index (χ0v) is 21.7. The standard InChI is InChI=1S/C16H14O3.C15H16O4/c1-3-12(11-7-5-4-6-8-11)13-9-15(18)16(19-2)10-14(13)17;1-8-3-4-10-12(18-7-8)6-13-14(15(10)17)11(16)5-9(2)19-13/h3-10,12H,1H2,2H3;5-6,8,17H,3-4,7H2,1-2H3. The van der Waals surface area contributed by atoms with Crippen molar-refractivity contribution in [3.8, 4) is 11.5 Å². The normalized spacial score (nSPS) is 17.6. The number of aryl methyl sites for hydroxylation is 1. The average molecular weight is 515 g/mol. The number of carbonyl (C=O) groups is 2. The smallest absolute Gasteiger partial charge is 0.220 e. The number of ether oxygens (including phenoxy) is 2. The minimum atomic E-state index is -0.292. The number of rotatable bonds is 4. The summed E-state index contributed by atoms with van der Waals surface area (Å²) in [4.78, 5) is 35.8. The molecule has 2 unspecified atom stereocenters. The average Bonchev–Trinajstić information content (AvgIpc) is 3.08. The van der Waals surface area contributed by atoms with Gasteiger partial charge in [-0.05, 0) is 37.3 Å². The molecule has 0 amide bonds. The number of allylic oxidation sites excluding steroid dienone is 4. The van der Waals surface area contributed by atoms with Crippen LogP contribution in [0, 0.1) is 12.8 Å². The van der Waals surface area contributed by atoms with E-state index in [-0.39, 0.29) is 39.8 Å². The highest BCUT2D eigenvalue weighted by atomic mass is 16.5. The molecule has 0 bridgehead atoms. The van der Waals surface area contributed by atoms with Gasteiger partial charge in [-0.1, -0.05) is 43.3 Å². The summed E-state index contributed by atoms with van der Waals surface area (Å²) in [6, 6.07) is 12.6. The summed E-state index contributed by atoms with van der Waals surface area (Å²) in [5.41, 5.74) is 2.24. The van der Waals surface area contributed by atoms with Gasteiger partial charge in [0.15, 0.2) is 17.0 Å². The molecule has 5 rings (SSSR count). The van der Waals surface area contributed by atoms with Gasteiger partial charge < -0.3 is 19.0 Å². The number of hydrogen-bond donors (Lipinski definition) is 1. The van der Waals surface area contributed by atoms with Crippen molar-refractivity contribution in [1.82, 2.24) is 0 Å². The number of methoxy groups -OCH3 is 1. The lowest BCUT2D eigenvalue weighted by molar-refractivity contribution is -0.117. The Morgan fingerprint density at radius 1 is 1.11 bits per heavy atom. The predicted octanol–water partition coefficient (Wildman–Crippen LogP) is 5.33. The molecule has 0 spiro atoms. The van der Waals surface area contributed by atoms with Gasteiger partial charge >= 0.3 is 0 Å². The highest BCUT2D eigenvalue weighted by molar-refractivity contribution is 6.19. The minimum Gasteiger partial charge on any atom is -0.507 e. The first-order valence-corrected chi connectivity index (χ1v) is 12.4. The van der Waals surface area contributed by atoms with Crippen LogP contribution in [0.25, 0.3) is 11.0 Å². The van der Waals surface area contributed by atoms with Crippen LogP contribution in [0.2, 0.25) is 0 Å². The maximum absolute atomic E-state index is 12.1. The molecule has 2 aliphatic rings. The van der Waals surface area contributed by atoms with Gasteiger partial charge in [0, 0.05) is 35.3 Å². The Kier molecular flexibility index (Phi) is 7.96. The number of phenolic OH excluding ortho intramolecular Hbond substituents is 1. The molecular weight excluding hydrogens is 484 g/mol. The third-order valence-electron chi connectivity index (χ3n) is 6.62. The SMILES string of the molecule is C=CC(C1=CC(=O)C(OC)=CC1=O)c1ccccc1.Cc1cc(=O)c2c(O)c3c(cc2o1)OCC(C)CC3. The molecule has 2 atom stereocenters. The number of phenols is 1. The Labute approximate surface area is 220 Å². The van der Waals surface area contributed by atoms with E-state index in [2.05, 4.69) is 13.5 Å². The van der Waals surface area contributed by atoms with Crippen molar-refractivity contribution in [2.24, 2.45) is 5.92 Å². The van der Waals surface area contributed by atoms with E-state index < -0.39 is 0 Å². The summed E-state index contributed by atoms with van der Waals surface area (Å²) in [5, 5.41) is 10.6. The van der Waals surface area contributed by atoms with Crippen LogP contribution >= 0.6 is 0 Å². The first-order valence-electron chi connectivity index (χ1n) is 12.4. The van der Waals surface area contributed by atoms with Crippen molar-refractivity contribution < 1.29 is 28.6 Å². The summed E-state index contributed by atoms with van der Waals surface area (Å²) in [5.74, 6) is 0.875. The quantitative estimate of drug-likeness (QED) is 0.371. The van der Waals surface area contributed by atoms with E-state index in [1.54, 1.807) is 19.1 Å². The molecule has 7 nitrogen and oxygen atoms in total.